The van der Waals surface area contributed by atoms with Gasteiger partial charge in [0.2, 0.25) is 0 Å². The molecule has 19 heavy (non-hydrogen) atoms. The van der Waals surface area contributed by atoms with Gasteiger partial charge in [0, 0.05) is 0 Å². The number of hydrogen-bond acceptors (Lipinski definition) is 1. The SMILES string of the molecule is CC.CCCC.FC(F)C(F)(F)Oc1ccccc1. The molecule has 0 saturated heterocycles. The molecule has 0 saturated carbocycles. The van der Waals surface area contributed by atoms with Crippen molar-refractivity contribution in [2.45, 2.75) is 53.1 Å². The zero-order valence-corrected chi connectivity index (χ0v) is 11.8. The van der Waals surface area contributed by atoms with Crippen LogP contribution in [0.4, 0.5) is 17.6 Å². The standard InChI is InChI=1S/C8H6F4O.C4H10.C2H6/c9-7(10)8(11,12)13-6-4-2-1-3-5-6;1-3-4-2;1-2/h1-5,7H;3-4H2,1-2H3;1-2H3. The van der Waals surface area contributed by atoms with E-state index in [4.69, 9.17) is 0 Å². The van der Waals surface area contributed by atoms with Crippen LogP contribution in [-0.4, -0.2) is 12.5 Å². The summed E-state index contributed by atoms with van der Waals surface area (Å²) in [7, 11) is 0. The minimum Gasteiger partial charge on any atom is -0.428 e. The highest BCUT2D eigenvalue weighted by molar-refractivity contribution is 5.21. The third-order valence-corrected chi connectivity index (χ3v) is 1.75. The first kappa shape index (κ1) is 20.1. The van der Waals surface area contributed by atoms with Crippen molar-refractivity contribution in [1.82, 2.24) is 0 Å². The number of alkyl halides is 4. The Labute approximate surface area is 112 Å². The number of benzene rings is 1. The molecule has 0 amide bonds. The maximum absolute atomic E-state index is 12.3. The van der Waals surface area contributed by atoms with E-state index < -0.39 is 12.5 Å². The summed E-state index contributed by atoms with van der Waals surface area (Å²) in [4.78, 5) is 0. The molecule has 0 aromatic heterocycles. The number of halogens is 4. The summed E-state index contributed by atoms with van der Waals surface area (Å²) in [6.45, 7) is 8.36. The van der Waals surface area contributed by atoms with Crippen molar-refractivity contribution in [3.05, 3.63) is 30.3 Å². The van der Waals surface area contributed by atoms with Crippen LogP contribution in [0.15, 0.2) is 30.3 Å². The van der Waals surface area contributed by atoms with E-state index in [9.17, 15) is 17.6 Å². The second-order valence-electron chi connectivity index (χ2n) is 3.28. The fourth-order valence-electron chi connectivity index (χ4n) is 0.690. The zero-order valence-electron chi connectivity index (χ0n) is 11.8. The highest BCUT2D eigenvalue weighted by atomic mass is 19.3. The summed E-state index contributed by atoms with van der Waals surface area (Å²) in [6.07, 6.45) is -5.62. The first-order valence-electron chi connectivity index (χ1n) is 6.34. The van der Waals surface area contributed by atoms with Crippen LogP contribution < -0.4 is 4.74 Å². The van der Waals surface area contributed by atoms with Crippen molar-refractivity contribution in [2.24, 2.45) is 0 Å². The first-order chi connectivity index (χ1) is 8.94. The van der Waals surface area contributed by atoms with Gasteiger partial charge in [-0.3, -0.25) is 0 Å². The second kappa shape index (κ2) is 11.8. The molecule has 0 aliphatic rings. The van der Waals surface area contributed by atoms with E-state index in [1.165, 1.54) is 37.1 Å². The monoisotopic (exact) mass is 282 g/mol. The molecule has 0 atom stereocenters. The summed E-state index contributed by atoms with van der Waals surface area (Å²) >= 11 is 0. The molecule has 1 aromatic carbocycles. The number of hydrogen-bond donors (Lipinski definition) is 0. The third-order valence-electron chi connectivity index (χ3n) is 1.75. The van der Waals surface area contributed by atoms with Crippen molar-refractivity contribution < 1.29 is 22.3 Å². The number of rotatable bonds is 4. The van der Waals surface area contributed by atoms with Crippen LogP contribution in [-0.2, 0) is 0 Å². The van der Waals surface area contributed by atoms with Crippen LogP contribution >= 0.6 is 0 Å². The fourth-order valence-corrected chi connectivity index (χ4v) is 0.690. The summed E-state index contributed by atoms with van der Waals surface area (Å²) in [6, 6.07) is 6.74. The minimum atomic E-state index is -4.43. The maximum Gasteiger partial charge on any atom is 0.461 e. The molecular formula is C14H22F4O. The topological polar surface area (TPSA) is 9.23 Å². The van der Waals surface area contributed by atoms with E-state index in [0.717, 1.165) is 0 Å². The lowest BCUT2D eigenvalue weighted by molar-refractivity contribution is -0.253. The smallest absolute Gasteiger partial charge is 0.428 e. The van der Waals surface area contributed by atoms with Gasteiger partial charge in [-0.05, 0) is 12.1 Å². The lowest BCUT2D eigenvalue weighted by Gasteiger charge is -2.16. The molecule has 0 aliphatic carbocycles. The van der Waals surface area contributed by atoms with Gasteiger partial charge in [0.15, 0.2) is 0 Å². The van der Waals surface area contributed by atoms with Crippen molar-refractivity contribution in [1.29, 1.82) is 0 Å². The van der Waals surface area contributed by atoms with Crippen LogP contribution in [0.1, 0.15) is 40.5 Å². The van der Waals surface area contributed by atoms with Crippen molar-refractivity contribution in [3.63, 3.8) is 0 Å². The summed E-state index contributed by atoms with van der Waals surface area (Å²) in [5.41, 5.74) is 0. The van der Waals surface area contributed by atoms with E-state index in [1.54, 1.807) is 6.07 Å². The minimum absolute atomic E-state index is 0.284. The average Bonchev–Trinajstić information content (AvgIpc) is 2.42. The Morgan fingerprint density at radius 1 is 1.00 bits per heavy atom. The van der Waals surface area contributed by atoms with Gasteiger partial charge in [0.05, 0.1) is 0 Å². The first-order valence-corrected chi connectivity index (χ1v) is 6.34. The molecule has 0 spiro atoms. The molecule has 112 valence electrons. The zero-order chi connectivity index (χ0) is 15.3. The number of unbranched alkanes of at least 4 members (excludes halogenated alkanes) is 1. The molecule has 0 heterocycles. The number of para-hydroxylation sites is 1. The highest BCUT2D eigenvalue weighted by Gasteiger charge is 2.43. The van der Waals surface area contributed by atoms with E-state index in [0.29, 0.717) is 0 Å². The van der Waals surface area contributed by atoms with Crippen molar-refractivity contribution >= 4 is 0 Å². The average molecular weight is 282 g/mol. The Balaban J connectivity index is 0. The predicted octanol–water partition coefficient (Wildman–Crippen LogP) is 5.76. The quantitative estimate of drug-likeness (QED) is 0.638. The fraction of sp³-hybridized carbons (Fsp3) is 0.571. The van der Waals surface area contributed by atoms with E-state index in [1.807, 2.05) is 13.8 Å². The third kappa shape index (κ3) is 10.4. The van der Waals surface area contributed by atoms with Gasteiger partial charge in [-0.25, -0.2) is 0 Å². The van der Waals surface area contributed by atoms with Gasteiger partial charge >= 0.3 is 12.5 Å². The van der Waals surface area contributed by atoms with Crippen LogP contribution in [0.2, 0.25) is 0 Å². The van der Waals surface area contributed by atoms with Gasteiger partial charge in [-0.1, -0.05) is 58.7 Å². The molecular weight excluding hydrogens is 260 g/mol. The van der Waals surface area contributed by atoms with E-state index in [2.05, 4.69) is 18.6 Å². The Kier molecular flexibility index (Phi) is 12.5. The lowest BCUT2D eigenvalue weighted by atomic mass is 10.3. The van der Waals surface area contributed by atoms with Crippen LogP contribution in [0.25, 0.3) is 0 Å². The van der Waals surface area contributed by atoms with Gasteiger partial charge in [0.1, 0.15) is 5.75 Å². The predicted molar refractivity (Wildman–Crippen MR) is 70.0 cm³/mol. The Hall–Kier alpha value is -1.26. The van der Waals surface area contributed by atoms with Crippen LogP contribution in [0.3, 0.4) is 0 Å². The maximum atomic E-state index is 12.3. The highest BCUT2D eigenvalue weighted by Crippen LogP contribution is 2.26. The molecule has 0 fully saturated rings. The summed E-state index contributed by atoms with van der Waals surface area (Å²) in [5.74, 6) is -0.284. The largest absolute Gasteiger partial charge is 0.461 e. The molecule has 5 heteroatoms. The van der Waals surface area contributed by atoms with Gasteiger partial charge in [-0.15, -0.1) is 0 Å². The van der Waals surface area contributed by atoms with Gasteiger partial charge < -0.3 is 4.74 Å². The summed E-state index contributed by atoms with van der Waals surface area (Å²) < 4.78 is 51.5. The number of ether oxygens (including phenoxy) is 1. The van der Waals surface area contributed by atoms with Crippen molar-refractivity contribution in [3.8, 4) is 5.75 Å². The normalized spacial score (nSPS) is 9.95. The molecule has 1 nitrogen and oxygen atoms in total. The molecule has 0 bridgehead atoms. The van der Waals surface area contributed by atoms with E-state index >= 15 is 0 Å². The molecule has 1 rings (SSSR count). The van der Waals surface area contributed by atoms with Gasteiger partial charge in [-0.2, -0.15) is 17.6 Å². The molecule has 0 radical (unpaired) electrons. The van der Waals surface area contributed by atoms with Crippen LogP contribution in [0, 0.1) is 0 Å². The second-order valence-corrected chi connectivity index (χ2v) is 3.28. The summed E-state index contributed by atoms with van der Waals surface area (Å²) in [5, 5.41) is 0. The Morgan fingerprint density at radius 3 is 1.74 bits per heavy atom. The van der Waals surface area contributed by atoms with Gasteiger partial charge in [0.25, 0.3) is 0 Å². The van der Waals surface area contributed by atoms with E-state index in [-0.39, 0.29) is 5.75 Å². The molecule has 1 aromatic rings. The molecule has 0 N–H and O–H groups in total. The molecule has 0 unspecified atom stereocenters. The Bertz CT molecular complexity index is 287. The van der Waals surface area contributed by atoms with Crippen molar-refractivity contribution in [2.75, 3.05) is 0 Å². The molecule has 0 aliphatic heterocycles. The lowest BCUT2D eigenvalue weighted by Crippen LogP contribution is -2.33. The Morgan fingerprint density at radius 2 is 1.42 bits per heavy atom. The van der Waals surface area contributed by atoms with Crippen LogP contribution in [0.5, 0.6) is 5.75 Å².